The number of rotatable bonds is 8. The lowest BCUT2D eigenvalue weighted by atomic mass is 9.84. The predicted molar refractivity (Wildman–Crippen MR) is 112 cm³/mol. The van der Waals surface area contributed by atoms with Crippen molar-refractivity contribution in [2.24, 2.45) is 5.41 Å². The van der Waals surface area contributed by atoms with E-state index < -0.39 is 21.5 Å². The highest BCUT2D eigenvalue weighted by molar-refractivity contribution is 7.88. The van der Waals surface area contributed by atoms with E-state index in [0.29, 0.717) is 25.9 Å². The molecule has 2 atom stereocenters. The van der Waals surface area contributed by atoms with Crippen LogP contribution in [0.2, 0.25) is 0 Å². The maximum atomic E-state index is 12.5. The van der Waals surface area contributed by atoms with Crippen LogP contribution in [0.4, 0.5) is 5.69 Å². The lowest BCUT2D eigenvalue weighted by molar-refractivity contribution is -0.128. The van der Waals surface area contributed by atoms with E-state index in [0.717, 1.165) is 31.5 Å². The SMILES string of the molecule is CCN(CCCNC(=O)[C@@H]1C[C@@]2(CCN(S(C)(=O)=O)C2)C(=O)N1)c1ccccc1. The number of hydrogen-bond donors (Lipinski definition) is 2. The number of nitrogens with zero attached hydrogens (tertiary/aromatic N) is 2. The first-order valence-corrected chi connectivity index (χ1v) is 11.9. The Morgan fingerprint density at radius 3 is 2.69 bits per heavy atom. The smallest absolute Gasteiger partial charge is 0.242 e. The van der Waals surface area contributed by atoms with Crippen LogP contribution in [0, 0.1) is 5.41 Å². The molecule has 0 radical (unpaired) electrons. The van der Waals surface area contributed by atoms with Crippen molar-refractivity contribution < 1.29 is 18.0 Å². The summed E-state index contributed by atoms with van der Waals surface area (Å²) in [5, 5.41) is 5.67. The number of carbonyl (C=O) groups excluding carboxylic acids is 2. The molecule has 2 amide bonds. The Hall–Kier alpha value is -2.13. The van der Waals surface area contributed by atoms with Gasteiger partial charge in [0.1, 0.15) is 6.04 Å². The summed E-state index contributed by atoms with van der Waals surface area (Å²) in [6.45, 7) is 4.81. The van der Waals surface area contributed by atoms with E-state index in [1.54, 1.807) is 0 Å². The van der Waals surface area contributed by atoms with Crippen molar-refractivity contribution in [2.45, 2.75) is 32.2 Å². The Labute approximate surface area is 172 Å². The van der Waals surface area contributed by atoms with Crippen molar-refractivity contribution >= 4 is 27.5 Å². The molecule has 2 fully saturated rings. The maximum absolute atomic E-state index is 12.5. The van der Waals surface area contributed by atoms with Crippen molar-refractivity contribution in [2.75, 3.05) is 43.9 Å². The second kappa shape index (κ2) is 8.71. The lowest BCUT2D eigenvalue weighted by Gasteiger charge is -2.23. The maximum Gasteiger partial charge on any atom is 0.242 e. The summed E-state index contributed by atoms with van der Waals surface area (Å²) < 4.78 is 24.9. The minimum absolute atomic E-state index is 0.157. The monoisotopic (exact) mass is 422 g/mol. The molecule has 8 nitrogen and oxygen atoms in total. The van der Waals surface area contributed by atoms with Gasteiger partial charge in [0.15, 0.2) is 0 Å². The summed E-state index contributed by atoms with van der Waals surface area (Å²) >= 11 is 0. The van der Waals surface area contributed by atoms with Crippen LogP contribution in [0.1, 0.15) is 26.2 Å². The van der Waals surface area contributed by atoms with Crippen molar-refractivity contribution in [1.82, 2.24) is 14.9 Å². The second-order valence-electron chi connectivity index (χ2n) is 7.92. The number of nitrogens with one attached hydrogen (secondary N) is 2. The molecule has 1 spiro atoms. The molecule has 2 saturated heterocycles. The van der Waals surface area contributed by atoms with E-state index in [9.17, 15) is 18.0 Å². The summed E-state index contributed by atoms with van der Waals surface area (Å²) in [4.78, 5) is 27.3. The zero-order valence-electron chi connectivity index (χ0n) is 17.1. The Morgan fingerprint density at radius 2 is 2.07 bits per heavy atom. The van der Waals surface area contributed by atoms with Crippen LogP contribution in [0.15, 0.2) is 30.3 Å². The average molecular weight is 423 g/mol. The molecular formula is C20H30N4O4S. The molecule has 0 bridgehead atoms. The fourth-order valence-corrected chi connectivity index (χ4v) is 5.09. The summed E-state index contributed by atoms with van der Waals surface area (Å²) in [5.74, 6) is -0.416. The number of amides is 2. The van der Waals surface area contributed by atoms with Gasteiger partial charge in [0.2, 0.25) is 21.8 Å². The first-order valence-electron chi connectivity index (χ1n) is 10.1. The third-order valence-electron chi connectivity index (χ3n) is 5.89. The highest BCUT2D eigenvalue weighted by atomic mass is 32.2. The van der Waals surface area contributed by atoms with E-state index in [-0.39, 0.29) is 18.4 Å². The number of para-hydroxylation sites is 1. The van der Waals surface area contributed by atoms with E-state index in [2.05, 4.69) is 34.6 Å². The van der Waals surface area contributed by atoms with Gasteiger partial charge in [0.25, 0.3) is 0 Å². The highest BCUT2D eigenvalue weighted by Crippen LogP contribution is 2.40. The quantitative estimate of drug-likeness (QED) is 0.597. The van der Waals surface area contributed by atoms with Gasteiger partial charge < -0.3 is 15.5 Å². The standard InChI is InChI=1S/C20H30N4O4S/c1-3-23(16-8-5-4-6-9-16)12-7-11-21-18(25)17-14-20(19(26)22-17)10-13-24(15-20)29(2,27)28/h4-6,8-9,17H,3,7,10-15H2,1-2H3,(H,21,25)(H,22,26)/t17-,20+/m0/s1. The van der Waals surface area contributed by atoms with Crippen LogP contribution in [0.3, 0.4) is 0 Å². The molecule has 2 aliphatic heterocycles. The summed E-state index contributed by atoms with van der Waals surface area (Å²) in [7, 11) is -3.33. The predicted octanol–water partition coefficient (Wildman–Crippen LogP) is 0.559. The fourth-order valence-electron chi connectivity index (χ4n) is 4.19. The van der Waals surface area contributed by atoms with Gasteiger partial charge in [-0.05, 0) is 38.3 Å². The largest absolute Gasteiger partial charge is 0.372 e. The zero-order chi connectivity index (χ0) is 21.1. The lowest BCUT2D eigenvalue weighted by Crippen LogP contribution is -2.42. The molecule has 0 aliphatic carbocycles. The van der Waals surface area contributed by atoms with Gasteiger partial charge in [0, 0.05) is 38.4 Å². The Morgan fingerprint density at radius 1 is 1.34 bits per heavy atom. The van der Waals surface area contributed by atoms with Crippen LogP contribution >= 0.6 is 0 Å². The molecule has 2 heterocycles. The number of anilines is 1. The van der Waals surface area contributed by atoms with Gasteiger partial charge >= 0.3 is 0 Å². The molecule has 0 aromatic heterocycles. The first-order chi connectivity index (χ1) is 13.7. The molecule has 2 N–H and O–H groups in total. The Bertz CT molecular complexity index is 845. The normalized spacial score (nSPS) is 24.6. The van der Waals surface area contributed by atoms with Crippen molar-refractivity contribution in [3.63, 3.8) is 0 Å². The highest BCUT2D eigenvalue weighted by Gasteiger charge is 2.53. The van der Waals surface area contributed by atoms with Crippen molar-refractivity contribution in [3.05, 3.63) is 30.3 Å². The molecule has 160 valence electrons. The van der Waals surface area contributed by atoms with Crippen molar-refractivity contribution in [1.29, 1.82) is 0 Å². The van der Waals surface area contributed by atoms with Crippen LogP contribution < -0.4 is 15.5 Å². The summed E-state index contributed by atoms with van der Waals surface area (Å²) in [6.07, 6.45) is 2.74. The minimum atomic E-state index is -3.33. The third kappa shape index (κ3) is 4.90. The number of sulfonamides is 1. The number of hydrogen-bond acceptors (Lipinski definition) is 5. The molecule has 2 aliphatic rings. The molecule has 0 unspecified atom stereocenters. The zero-order valence-corrected chi connectivity index (χ0v) is 17.9. The van der Waals surface area contributed by atoms with Crippen LogP contribution in [-0.2, 0) is 19.6 Å². The van der Waals surface area contributed by atoms with Gasteiger partial charge in [-0.25, -0.2) is 12.7 Å². The van der Waals surface area contributed by atoms with E-state index in [4.69, 9.17) is 0 Å². The Kier molecular flexibility index (Phi) is 6.48. The fraction of sp³-hybridized carbons (Fsp3) is 0.600. The van der Waals surface area contributed by atoms with E-state index in [1.807, 2.05) is 18.2 Å². The summed E-state index contributed by atoms with van der Waals surface area (Å²) in [6, 6.07) is 9.53. The van der Waals surface area contributed by atoms with Gasteiger partial charge in [0.05, 0.1) is 11.7 Å². The third-order valence-corrected chi connectivity index (χ3v) is 7.14. The second-order valence-corrected chi connectivity index (χ2v) is 9.90. The summed E-state index contributed by atoms with van der Waals surface area (Å²) in [5.41, 5.74) is 0.375. The van der Waals surface area contributed by atoms with E-state index >= 15 is 0 Å². The van der Waals surface area contributed by atoms with Crippen LogP contribution in [-0.4, -0.2) is 69.6 Å². The molecule has 1 aromatic carbocycles. The molecule has 9 heteroatoms. The minimum Gasteiger partial charge on any atom is -0.372 e. The van der Waals surface area contributed by atoms with Crippen LogP contribution in [0.5, 0.6) is 0 Å². The topological polar surface area (TPSA) is 98.8 Å². The van der Waals surface area contributed by atoms with Gasteiger partial charge in [-0.2, -0.15) is 0 Å². The first kappa shape index (κ1) is 21.6. The van der Waals surface area contributed by atoms with Gasteiger partial charge in [-0.3, -0.25) is 9.59 Å². The van der Waals surface area contributed by atoms with Gasteiger partial charge in [-0.1, -0.05) is 18.2 Å². The molecule has 0 saturated carbocycles. The molecule has 29 heavy (non-hydrogen) atoms. The number of carbonyl (C=O) groups is 2. The van der Waals surface area contributed by atoms with Gasteiger partial charge in [-0.15, -0.1) is 0 Å². The molecule has 3 rings (SSSR count). The average Bonchev–Trinajstić information content (AvgIpc) is 3.27. The molecule has 1 aromatic rings. The van der Waals surface area contributed by atoms with Crippen molar-refractivity contribution in [3.8, 4) is 0 Å². The number of benzene rings is 1. The Balaban J connectivity index is 1.47. The van der Waals surface area contributed by atoms with E-state index in [1.165, 1.54) is 4.31 Å². The van der Waals surface area contributed by atoms with Crippen LogP contribution in [0.25, 0.3) is 0 Å². The molecular weight excluding hydrogens is 392 g/mol.